The van der Waals surface area contributed by atoms with Gasteiger partial charge in [-0.25, -0.2) is 0 Å². The summed E-state index contributed by atoms with van der Waals surface area (Å²) in [6, 6.07) is 19.0. The Morgan fingerprint density at radius 2 is 1.40 bits per heavy atom. The zero-order valence-corrected chi connectivity index (χ0v) is 10.1. The standard InChI is InChI=1S/C13H12S2/c1-11-6-5-9-13(10-11)15-14-12-7-3-2-4-8-12/h2-10H,1H3. The van der Waals surface area contributed by atoms with Crippen molar-refractivity contribution in [1.82, 2.24) is 0 Å². The van der Waals surface area contributed by atoms with Crippen LogP contribution in [0, 0.1) is 6.92 Å². The summed E-state index contributed by atoms with van der Waals surface area (Å²) in [5, 5.41) is 0. The third-order valence-electron chi connectivity index (χ3n) is 1.97. The lowest BCUT2D eigenvalue weighted by atomic mass is 10.2. The lowest BCUT2D eigenvalue weighted by molar-refractivity contribution is 1.37. The predicted octanol–water partition coefficient (Wildman–Crippen LogP) is 4.79. The Morgan fingerprint density at radius 3 is 2.13 bits per heavy atom. The van der Waals surface area contributed by atoms with Crippen LogP contribution in [-0.4, -0.2) is 0 Å². The summed E-state index contributed by atoms with van der Waals surface area (Å²) in [6.07, 6.45) is 0. The highest BCUT2D eigenvalue weighted by atomic mass is 33.1. The number of hydrogen-bond acceptors (Lipinski definition) is 2. The largest absolute Gasteiger partial charge is 0.0622 e. The van der Waals surface area contributed by atoms with Crippen molar-refractivity contribution >= 4 is 21.6 Å². The van der Waals surface area contributed by atoms with E-state index in [9.17, 15) is 0 Å². The van der Waals surface area contributed by atoms with E-state index in [0.29, 0.717) is 0 Å². The fourth-order valence-corrected chi connectivity index (χ4v) is 3.29. The monoisotopic (exact) mass is 232 g/mol. The summed E-state index contributed by atoms with van der Waals surface area (Å²) in [6.45, 7) is 2.12. The normalized spacial score (nSPS) is 10.2. The van der Waals surface area contributed by atoms with Crippen LogP contribution in [0.3, 0.4) is 0 Å². The Hall–Kier alpha value is -0.860. The Balaban J connectivity index is 1.99. The Labute approximate surface area is 98.5 Å². The molecule has 0 bridgehead atoms. The second-order valence-corrected chi connectivity index (χ2v) is 5.57. The van der Waals surface area contributed by atoms with Gasteiger partial charge in [0.05, 0.1) is 0 Å². The van der Waals surface area contributed by atoms with Crippen molar-refractivity contribution in [2.24, 2.45) is 0 Å². The summed E-state index contributed by atoms with van der Waals surface area (Å²) in [5.74, 6) is 0. The number of benzene rings is 2. The van der Waals surface area contributed by atoms with E-state index >= 15 is 0 Å². The summed E-state index contributed by atoms with van der Waals surface area (Å²) >= 11 is 0. The van der Waals surface area contributed by atoms with E-state index in [1.807, 2.05) is 6.07 Å². The van der Waals surface area contributed by atoms with Gasteiger partial charge in [0.2, 0.25) is 0 Å². The van der Waals surface area contributed by atoms with Gasteiger partial charge in [-0.2, -0.15) is 0 Å². The molecule has 0 aliphatic carbocycles. The molecule has 76 valence electrons. The third-order valence-corrected chi connectivity index (χ3v) is 4.37. The summed E-state index contributed by atoms with van der Waals surface area (Å²) in [5.41, 5.74) is 1.31. The van der Waals surface area contributed by atoms with Crippen LogP contribution in [0.1, 0.15) is 5.56 Å². The molecular weight excluding hydrogens is 220 g/mol. The van der Waals surface area contributed by atoms with Gasteiger partial charge in [0.1, 0.15) is 0 Å². The van der Waals surface area contributed by atoms with E-state index in [1.54, 1.807) is 21.6 Å². The molecule has 0 atom stereocenters. The van der Waals surface area contributed by atoms with Crippen LogP contribution in [0.25, 0.3) is 0 Å². The van der Waals surface area contributed by atoms with E-state index in [0.717, 1.165) is 0 Å². The SMILES string of the molecule is Cc1cccc(SSc2ccccc2)c1. The molecule has 2 heteroatoms. The highest BCUT2D eigenvalue weighted by Gasteiger charge is 1.96. The molecule has 0 heterocycles. The third kappa shape index (κ3) is 3.33. The summed E-state index contributed by atoms with van der Waals surface area (Å²) in [4.78, 5) is 2.60. The Bertz CT molecular complexity index is 424. The minimum atomic E-state index is 1.30. The number of hydrogen-bond donors (Lipinski definition) is 0. The zero-order chi connectivity index (χ0) is 10.5. The Kier molecular flexibility index (Phi) is 3.75. The lowest BCUT2D eigenvalue weighted by Gasteiger charge is -2.01. The van der Waals surface area contributed by atoms with Crippen LogP contribution in [0.4, 0.5) is 0 Å². The molecule has 0 radical (unpaired) electrons. The van der Waals surface area contributed by atoms with E-state index in [4.69, 9.17) is 0 Å². The summed E-state index contributed by atoms with van der Waals surface area (Å²) in [7, 11) is 3.60. The second-order valence-electron chi connectivity index (χ2n) is 3.30. The van der Waals surface area contributed by atoms with Gasteiger partial charge in [-0.05, 0) is 36.8 Å². The molecule has 0 N–H and O–H groups in total. The molecule has 0 saturated carbocycles. The Morgan fingerprint density at radius 1 is 0.733 bits per heavy atom. The van der Waals surface area contributed by atoms with Gasteiger partial charge in [-0.15, -0.1) is 0 Å². The van der Waals surface area contributed by atoms with Gasteiger partial charge < -0.3 is 0 Å². The first-order chi connectivity index (χ1) is 7.34. The molecule has 2 aromatic rings. The average molecular weight is 232 g/mol. The molecule has 0 aliphatic heterocycles. The molecule has 2 aromatic carbocycles. The molecule has 0 amide bonds. The van der Waals surface area contributed by atoms with Crippen molar-refractivity contribution in [2.45, 2.75) is 16.7 Å². The maximum atomic E-state index is 2.21. The van der Waals surface area contributed by atoms with Gasteiger partial charge in [-0.1, -0.05) is 51.9 Å². The number of rotatable bonds is 3. The zero-order valence-electron chi connectivity index (χ0n) is 8.51. The molecular formula is C13H12S2. The molecule has 0 aliphatic rings. The quantitative estimate of drug-likeness (QED) is 0.697. The first kappa shape index (κ1) is 10.7. The van der Waals surface area contributed by atoms with E-state index in [2.05, 4.69) is 55.5 Å². The lowest BCUT2D eigenvalue weighted by Crippen LogP contribution is -1.72. The topological polar surface area (TPSA) is 0 Å². The minimum Gasteiger partial charge on any atom is -0.0622 e. The van der Waals surface area contributed by atoms with Crippen LogP contribution in [0.5, 0.6) is 0 Å². The molecule has 0 nitrogen and oxygen atoms in total. The van der Waals surface area contributed by atoms with Crippen LogP contribution in [0.15, 0.2) is 64.4 Å². The van der Waals surface area contributed by atoms with Crippen molar-refractivity contribution in [3.05, 3.63) is 60.2 Å². The van der Waals surface area contributed by atoms with Gasteiger partial charge in [0.15, 0.2) is 0 Å². The first-order valence-electron chi connectivity index (χ1n) is 4.81. The van der Waals surface area contributed by atoms with Crippen molar-refractivity contribution in [1.29, 1.82) is 0 Å². The van der Waals surface area contributed by atoms with Crippen LogP contribution < -0.4 is 0 Å². The smallest absolute Gasteiger partial charge is 0.0188 e. The molecule has 0 unspecified atom stereocenters. The van der Waals surface area contributed by atoms with Crippen LogP contribution in [-0.2, 0) is 0 Å². The molecule has 0 aromatic heterocycles. The van der Waals surface area contributed by atoms with Crippen LogP contribution >= 0.6 is 21.6 Å². The fourth-order valence-electron chi connectivity index (χ4n) is 1.24. The van der Waals surface area contributed by atoms with E-state index in [1.165, 1.54) is 15.4 Å². The fraction of sp³-hybridized carbons (Fsp3) is 0.0769. The van der Waals surface area contributed by atoms with Crippen molar-refractivity contribution < 1.29 is 0 Å². The van der Waals surface area contributed by atoms with E-state index < -0.39 is 0 Å². The van der Waals surface area contributed by atoms with Gasteiger partial charge in [0.25, 0.3) is 0 Å². The van der Waals surface area contributed by atoms with Crippen LogP contribution in [0.2, 0.25) is 0 Å². The highest BCUT2D eigenvalue weighted by molar-refractivity contribution is 8.76. The highest BCUT2D eigenvalue weighted by Crippen LogP contribution is 2.37. The second kappa shape index (κ2) is 5.29. The van der Waals surface area contributed by atoms with Gasteiger partial charge >= 0.3 is 0 Å². The minimum absolute atomic E-state index is 1.30. The van der Waals surface area contributed by atoms with Crippen molar-refractivity contribution in [2.75, 3.05) is 0 Å². The maximum Gasteiger partial charge on any atom is 0.0188 e. The van der Waals surface area contributed by atoms with E-state index in [-0.39, 0.29) is 0 Å². The van der Waals surface area contributed by atoms with Gasteiger partial charge in [-0.3, -0.25) is 0 Å². The maximum absolute atomic E-state index is 2.21. The molecule has 0 fully saturated rings. The van der Waals surface area contributed by atoms with Crippen molar-refractivity contribution in [3.63, 3.8) is 0 Å². The predicted molar refractivity (Wildman–Crippen MR) is 69.3 cm³/mol. The summed E-state index contributed by atoms with van der Waals surface area (Å²) < 4.78 is 0. The van der Waals surface area contributed by atoms with Gasteiger partial charge in [0, 0.05) is 9.79 Å². The molecule has 0 spiro atoms. The number of aryl methyl sites for hydroxylation is 1. The average Bonchev–Trinajstić information content (AvgIpc) is 2.28. The molecule has 0 saturated heterocycles. The van der Waals surface area contributed by atoms with Crippen molar-refractivity contribution in [3.8, 4) is 0 Å². The molecule has 2 rings (SSSR count). The first-order valence-corrected chi connectivity index (χ1v) is 6.96. The molecule has 15 heavy (non-hydrogen) atoms.